The van der Waals surface area contributed by atoms with Crippen LogP contribution in [0.3, 0.4) is 0 Å². The van der Waals surface area contributed by atoms with E-state index in [1.54, 1.807) is 12.4 Å². The number of nitrogens with zero attached hydrogens (tertiary/aromatic N) is 3. The summed E-state index contributed by atoms with van der Waals surface area (Å²) in [5.74, 6) is 0. The fourth-order valence-electron chi connectivity index (χ4n) is 2.41. The third-order valence-corrected chi connectivity index (χ3v) is 4.65. The molecule has 2 rings (SSSR count). The van der Waals surface area contributed by atoms with E-state index in [1.165, 1.54) is 0 Å². The molecule has 5 nitrogen and oxygen atoms in total. The van der Waals surface area contributed by atoms with Crippen LogP contribution in [0.2, 0.25) is 5.02 Å². The third kappa shape index (κ3) is 6.65. The van der Waals surface area contributed by atoms with Gasteiger partial charge in [0, 0.05) is 43.1 Å². The molecule has 1 heterocycles. The quantitative estimate of drug-likeness (QED) is 0.770. The van der Waals surface area contributed by atoms with E-state index in [1.807, 2.05) is 55.4 Å². The molecule has 0 saturated carbocycles. The van der Waals surface area contributed by atoms with Gasteiger partial charge in [-0.25, -0.2) is 4.79 Å². The number of hydrogen-bond acceptors (Lipinski definition) is 3. The minimum absolute atomic E-state index is 0.0588. The monoisotopic (exact) mass is 374 g/mol. The van der Waals surface area contributed by atoms with Crippen LogP contribution in [-0.2, 0) is 13.0 Å². The van der Waals surface area contributed by atoms with E-state index in [-0.39, 0.29) is 12.1 Å². The molecule has 26 heavy (non-hydrogen) atoms. The molecule has 1 aromatic carbocycles. The fraction of sp³-hybridized carbons (Fsp3) is 0.400. The molecule has 2 aromatic rings. The van der Waals surface area contributed by atoms with Gasteiger partial charge in [-0.05, 0) is 56.8 Å². The fourth-order valence-corrected chi connectivity index (χ4v) is 2.53. The minimum Gasteiger partial charge on any atom is -0.336 e. The Labute approximate surface area is 161 Å². The van der Waals surface area contributed by atoms with Crippen molar-refractivity contribution in [2.45, 2.75) is 25.9 Å². The van der Waals surface area contributed by atoms with Crippen molar-refractivity contribution in [3.8, 4) is 0 Å². The Balaban J connectivity index is 2.00. The second-order valence-corrected chi connectivity index (χ2v) is 7.09. The van der Waals surface area contributed by atoms with Gasteiger partial charge in [0.15, 0.2) is 0 Å². The molecular weight excluding hydrogens is 348 g/mol. The van der Waals surface area contributed by atoms with Crippen LogP contribution >= 0.6 is 11.6 Å². The van der Waals surface area contributed by atoms with Crippen molar-refractivity contribution in [1.29, 1.82) is 0 Å². The van der Waals surface area contributed by atoms with E-state index >= 15 is 0 Å². The molecular formula is C20H27ClN4O. The Morgan fingerprint density at radius 3 is 2.54 bits per heavy atom. The topological polar surface area (TPSA) is 48.5 Å². The number of carbonyl (C=O) groups excluding carboxylic acids is 1. The normalized spacial score (nSPS) is 12.0. The maximum atomic E-state index is 12.7. The first-order valence-electron chi connectivity index (χ1n) is 8.78. The van der Waals surface area contributed by atoms with Crippen LogP contribution in [0.15, 0.2) is 48.8 Å². The molecule has 0 aliphatic heterocycles. The summed E-state index contributed by atoms with van der Waals surface area (Å²) in [7, 11) is 4.01. The molecule has 1 atom stereocenters. The number of rotatable bonds is 8. The molecule has 0 fully saturated rings. The highest BCUT2D eigenvalue weighted by Crippen LogP contribution is 2.11. The van der Waals surface area contributed by atoms with Gasteiger partial charge in [0.05, 0.1) is 0 Å². The average molecular weight is 375 g/mol. The highest BCUT2D eigenvalue weighted by atomic mass is 35.5. The lowest BCUT2D eigenvalue weighted by atomic mass is 10.1. The molecule has 1 aromatic heterocycles. The Bertz CT molecular complexity index is 676. The lowest BCUT2D eigenvalue weighted by molar-refractivity contribution is 0.191. The lowest BCUT2D eigenvalue weighted by Crippen LogP contribution is -2.45. The van der Waals surface area contributed by atoms with Gasteiger partial charge in [-0.1, -0.05) is 29.8 Å². The van der Waals surface area contributed by atoms with Gasteiger partial charge in [-0.15, -0.1) is 0 Å². The SMILES string of the molecule is C[C@@H](CNC(=O)N(CCc1ccc(Cl)cc1)Cc1cccnc1)N(C)C. The van der Waals surface area contributed by atoms with Gasteiger partial charge in [0.25, 0.3) is 0 Å². The largest absolute Gasteiger partial charge is 0.336 e. The van der Waals surface area contributed by atoms with Gasteiger partial charge in [-0.2, -0.15) is 0 Å². The molecule has 0 spiro atoms. The summed E-state index contributed by atoms with van der Waals surface area (Å²) in [6.07, 6.45) is 4.31. The first-order chi connectivity index (χ1) is 12.5. The van der Waals surface area contributed by atoms with E-state index in [0.29, 0.717) is 19.6 Å². The maximum Gasteiger partial charge on any atom is 0.317 e. The Kier molecular flexibility index (Phi) is 7.88. The van der Waals surface area contributed by atoms with Crippen LogP contribution in [0.4, 0.5) is 4.79 Å². The number of pyridine rings is 1. The van der Waals surface area contributed by atoms with Crippen molar-refractivity contribution >= 4 is 17.6 Å². The van der Waals surface area contributed by atoms with Gasteiger partial charge in [-0.3, -0.25) is 4.98 Å². The Hall–Kier alpha value is -2.11. The lowest BCUT2D eigenvalue weighted by Gasteiger charge is -2.26. The number of benzene rings is 1. The Morgan fingerprint density at radius 1 is 1.19 bits per heavy atom. The number of nitrogens with one attached hydrogen (secondary N) is 1. The standard InChI is InChI=1S/C20H27ClN4O/c1-16(24(2)3)13-23-20(26)25(15-18-5-4-11-22-14-18)12-10-17-6-8-19(21)9-7-17/h4-9,11,14,16H,10,12-13,15H2,1-3H3,(H,23,26)/t16-/m0/s1. The van der Waals surface area contributed by atoms with E-state index < -0.39 is 0 Å². The number of aromatic nitrogens is 1. The van der Waals surface area contributed by atoms with Crippen LogP contribution in [0.25, 0.3) is 0 Å². The number of urea groups is 1. The average Bonchev–Trinajstić information content (AvgIpc) is 2.64. The summed E-state index contributed by atoms with van der Waals surface area (Å²) < 4.78 is 0. The number of likely N-dealkylation sites (N-methyl/N-ethyl adjacent to an activating group) is 1. The van der Waals surface area contributed by atoms with Crippen molar-refractivity contribution in [3.63, 3.8) is 0 Å². The molecule has 140 valence electrons. The van der Waals surface area contributed by atoms with Gasteiger partial charge < -0.3 is 15.1 Å². The number of carbonyl (C=O) groups is 1. The zero-order valence-electron chi connectivity index (χ0n) is 15.7. The van der Waals surface area contributed by atoms with E-state index in [9.17, 15) is 4.79 Å². The summed E-state index contributed by atoms with van der Waals surface area (Å²) in [5.41, 5.74) is 2.17. The molecule has 0 saturated heterocycles. The first kappa shape index (κ1) is 20.2. The second-order valence-electron chi connectivity index (χ2n) is 6.66. The highest BCUT2D eigenvalue weighted by molar-refractivity contribution is 6.30. The van der Waals surface area contributed by atoms with Gasteiger partial charge >= 0.3 is 6.03 Å². The molecule has 0 aliphatic rings. The molecule has 0 bridgehead atoms. The summed E-state index contributed by atoms with van der Waals surface area (Å²) in [4.78, 5) is 20.8. The maximum absolute atomic E-state index is 12.7. The number of halogens is 1. The Morgan fingerprint density at radius 2 is 1.92 bits per heavy atom. The summed E-state index contributed by atoms with van der Waals surface area (Å²) in [6.45, 7) is 3.85. The van der Waals surface area contributed by atoms with E-state index in [2.05, 4.69) is 22.1 Å². The summed E-state index contributed by atoms with van der Waals surface area (Å²) in [6, 6.07) is 11.8. The minimum atomic E-state index is -0.0588. The highest BCUT2D eigenvalue weighted by Gasteiger charge is 2.15. The van der Waals surface area contributed by atoms with Gasteiger partial charge in [0.1, 0.15) is 0 Å². The van der Waals surface area contributed by atoms with Crippen molar-refractivity contribution in [2.24, 2.45) is 0 Å². The molecule has 6 heteroatoms. The van der Waals surface area contributed by atoms with Gasteiger partial charge in [0.2, 0.25) is 0 Å². The number of hydrogen-bond donors (Lipinski definition) is 1. The predicted molar refractivity (Wildman–Crippen MR) is 106 cm³/mol. The molecule has 0 radical (unpaired) electrons. The van der Waals surface area contributed by atoms with Crippen molar-refractivity contribution in [2.75, 3.05) is 27.2 Å². The zero-order valence-corrected chi connectivity index (χ0v) is 16.4. The van der Waals surface area contributed by atoms with Crippen LogP contribution in [0.1, 0.15) is 18.1 Å². The molecule has 2 amide bonds. The zero-order chi connectivity index (χ0) is 18.9. The van der Waals surface area contributed by atoms with Crippen molar-refractivity contribution < 1.29 is 4.79 Å². The smallest absolute Gasteiger partial charge is 0.317 e. The predicted octanol–water partition coefficient (Wildman–Crippen LogP) is 3.44. The van der Waals surface area contributed by atoms with Crippen molar-refractivity contribution in [1.82, 2.24) is 20.1 Å². The summed E-state index contributed by atoms with van der Waals surface area (Å²) in [5, 5.41) is 3.75. The van der Waals surface area contributed by atoms with Crippen LogP contribution in [0, 0.1) is 0 Å². The summed E-state index contributed by atoms with van der Waals surface area (Å²) >= 11 is 5.94. The second kappa shape index (κ2) is 10.1. The van der Waals surface area contributed by atoms with Crippen molar-refractivity contribution in [3.05, 3.63) is 64.9 Å². The molecule has 0 unspecified atom stereocenters. The molecule has 0 aliphatic carbocycles. The van der Waals surface area contributed by atoms with E-state index in [0.717, 1.165) is 22.6 Å². The number of amides is 2. The third-order valence-electron chi connectivity index (χ3n) is 4.40. The van der Waals surface area contributed by atoms with E-state index in [4.69, 9.17) is 11.6 Å². The molecule has 1 N–H and O–H groups in total. The van der Waals surface area contributed by atoms with Crippen LogP contribution < -0.4 is 5.32 Å². The first-order valence-corrected chi connectivity index (χ1v) is 9.16. The van der Waals surface area contributed by atoms with Crippen LogP contribution in [0.5, 0.6) is 0 Å². The van der Waals surface area contributed by atoms with Crippen LogP contribution in [-0.4, -0.2) is 54.0 Å².